The number of allylic oxidation sites excluding steroid dienone is 1. The fraction of sp³-hybridized carbons (Fsp3) is 0.294. The van der Waals surface area contributed by atoms with E-state index in [0.717, 1.165) is 17.0 Å². The van der Waals surface area contributed by atoms with Crippen LogP contribution in [0.15, 0.2) is 42.3 Å². The Hall–Kier alpha value is -2.59. The molecule has 0 saturated heterocycles. The Bertz CT molecular complexity index is 923. The molecule has 3 aromatic heterocycles. The van der Waals surface area contributed by atoms with Gasteiger partial charge in [-0.3, -0.25) is 19.7 Å². The number of carbonyl (C=O) groups is 1. The molecule has 0 aliphatic carbocycles. The van der Waals surface area contributed by atoms with Gasteiger partial charge in [0.25, 0.3) is 0 Å². The van der Waals surface area contributed by atoms with Crippen molar-refractivity contribution in [2.45, 2.75) is 37.2 Å². The van der Waals surface area contributed by atoms with Gasteiger partial charge in [-0.25, -0.2) is 0 Å². The quantitative estimate of drug-likeness (QED) is 0.457. The third kappa shape index (κ3) is 4.58. The van der Waals surface area contributed by atoms with Crippen LogP contribution in [0.3, 0.4) is 0 Å². The van der Waals surface area contributed by atoms with Crippen molar-refractivity contribution in [3.05, 3.63) is 42.2 Å². The zero-order valence-corrected chi connectivity index (χ0v) is 16.6. The van der Waals surface area contributed by atoms with Gasteiger partial charge in [-0.05, 0) is 25.5 Å². The predicted molar refractivity (Wildman–Crippen MR) is 107 cm³/mol. The van der Waals surface area contributed by atoms with E-state index in [2.05, 4.69) is 37.3 Å². The van der Waals surface area contributed by atoms with Crippen LogP contribution < -0.4 is 5.32 Å². The summed E-state index contributed by atoms with van der Waals surface area (Å²) in [4.78, 5) is 16.5. The van der Waals surface area contributed by atoms with Crippen molar-refractivity contribution in [1.82, 2.24) is 29.9 Å². The van der Waals surface area contributed by atoms with Crippen molar-refractivity contribution in [3.8, 4) is 11.4 Å². The first-order valence-corrected chi connectivity index (χ1v) is 10.1. The molecule has 3 heterocycles. The summed E-state index contributed by atoms with van der Waals surface area (Å²) in [7, 11) is 0. The Morgan fingerprint density at radius 1 is 1.33 bits per heavy atom. The Morgan fingerprint density at radius 2 is 2.11 bits per heavy atom. The molecule has 0 radical (unpaired) electrons. The van der Waals surface area contributed by atoms with Gasteiger partial charge in [0.1, 0.15) is 5.01 Å². The first-order chi connectivity index (χ1) is 13.1. The number of hydrogen-bond donors (Lipinski definition) is 1. The van der Waals surface area contributed by atoms with Gasteiger partial charge in [0.2, 0.25) is 11.0 Å². The molecule has 0 bridgehead atoms. The third-order valence-electron chi connectivity index (χ3n) is 3.62. The van der Waals surface area contributed by atoms with Gasteiger partial charge < -0.3 is 0 Å². The van der Waals surface area contributed by atoms with E-state index in [1.165, 1.54) is 23.1 Å². The van der Waals surface area contributed by atoms with E-state index in [1.807, 2.05) is 30.5 Å². The number of anilines is 1. The summed E-state index contributed by atoms with van der Waals surface area (Å²) in [5.74, 6) is 0.557. The number of nitrogens with one attached hydrogen (secondary N) is 1. The average Bonchev–Trinajstić information content (AvgIpc) is 3.30. The molecule has 1 N–H and O–H groups in total. The third-order valence-corrected chi connectivity index (χ3v) is 5.68. The van der Waals surface area contributed by atoms with Crippen LogP contribution in [0, 0.1) is 0 Å². The van der Waals surface area contributed by atoms with Crippen LogP contribution in [0.2, 0.25) is 0 Å². The zero-order chi connectivity index (χ0) is 19.2. The Morgan fingerprint density at radius 3 is 2.78 bits per heavy atom. The molecule has 0 aliphatic heterocycles. The molecule has 0 fully saturated rings. The van der Waals surface area contributed by atoms with E-state index in [4.69, 9.17) is 0 Å². The molecule has 8 nitrogen and oxygen atoms in total. The van der Waals surface area contributed by atoms with Gasteiger partial charge in [-0.1, -0.05) is 36.1 Å². The van der Waals surface area contributed by atoms with Gasteiger partial charge in [0, 0.05) is 24.5 Å². The summed E-state index contributed by atoms with van der Waals surface area (Å²) in [6, 6.07) is 3.74. The number of carbonyl (C=O) groups excluding carboxylic acids is 1. The molecule has 140 valence electrons. The van der Waals surface area contributed by atoms with E-state index in [9.17, 15) is 4.79 Å². The maximum absolute atomic E-state index is 12.5. The molecule has 10 heteroatoms. The maximum atomic E-state index is 12.5. The van der Waals surface area contributed by atoms with Crippen LogP contribution in [0.1, 0.15) is 18.9 Å². The number of hydrogen-bond acceptors (Lipinski definition) is 8. The number of pyridine rings is 1. The lowest BCUT2D eigenvalue weighted by atomic mass is 10.2. The molecule has 1 amide bonds. The Balaban J connectivity index is 1.75. The molecule has 0 aliphatic rings. The molecule has 1 atom stereocenters. The highest BCUT2D eigenvalue weighted by atomic mass is 32.2. The highest BCUT2D eigenvalue weighted by Gasteiger charge is 2.21. The van der Waals surface area contributed by atoms with Crippen LogP contribution in [-0.4, -0.2) is 41.1 Å². The molecule has 0 aromatic carbocycles. The fourth-order valence-corrected chi connectivity index (χ4v) is 3.79. The largest absolute Gasteiger partial charge is 0.300 e. The van der Waals surface area contributed by atoms with Crippen molar-refractivity contribution in [3.63, 3.8) is 0 Å². The number of thioether (sulfide) groups is 1. The van der Waals surface area contributed by atoms with Gasteiger partial charge in [-0.15, -0.1) is 27.0 Å². The Labute approximate surface area is 165 Å². The summed E-state index contributed by atoms with van der Waals surface area (Å²) in [6.07, 6.45) is 5.98. The van der Waals surface area contributed by atoms with Crippen molar-refractivity contribution < 1.29 is 4.79 Å². The molecule has 0 spiro atoms. The molecule has 0 unspecified atom stereocenters. The molecular formula is C17H19N7OS2. The minimum Gasteiger partial charge on any atom is -0.300 e. The molecular weight excluding hydrogens is 382 g/mol. The second kappa shape index (κ2) is 8.87. The average molecular weight is 402 g/mol. The van der Waals surface area contributed by atoms with Gasteiger partial charge >= 0.3 is 0 Å². The first-order valence-electron chi connectivity index (χ1n) is 8.36. The lowest BCUT2D eigenvalue weighted by molar-refractivity contribution is -0.115. The summed E-state index contributed by atoms with van der Waals surface area (Å²) < 4.78 is 1.93. The van der Waals surface area contributed by atoms with Crippen LogP contribution in [-0.2, 0) is 17.8 Å². The van der Waals surface area contributed by atoms with E-state index in [-0.39, 0.29) is 11.2 Å². The van der Waals surface area contributed by atoms with Crippen molar-refractivity contribution >= 4 is 34.1 Å². The Kier molecular flexibility index (Phi) is 6.30. The van der Waals surface area contributed by atoms with Crippen molar-refractivity contribution in [1.29, 1.82) is 0 Å². The summed E-state index contributed by atoms with van der Waals surface area (Å²) >= 11 is 2.72. The van der Waals surface area contributed by atoms with E-state index >= 15 is 0 Å². The highest BCUT2D eigenvalue weighted by molar-refractivity contribution is 8.00. The van der Waals surface area contributed by atoms with Crippen LogP contribution in [0.25, 0.3) is 11.4 Å². The van der Waals surface area contributed by atoms with Gasteiger partial charge in [0.15, 0.2) is 11.0 Å². The number of nitrogens with zero attached hydrogens (tertiary/aromatic N) is 6. The number of aromatic nitrogens is 6. The maximum Gasteiger partial charge on any atom is 0.239 e. The second-order valence-electron chi connectivity index (χ2n) is 5.55. The monoisotopic (exact) mass is 401 g/mol. The van der Waals surface area contributed by atoms with Crippen molar-refractivity contribution in [2.24, 2.45) is 0 Å². The topological polar surface area (TPSA) is 98.5 Å². The number of aryl methyl sites for hydroxylation is 1. The smallest absolute Gasteiger partial charge is 0.239 e. The zero-order valence-electron chi connectivity index (χ0n) is 15.0. The summed E-state index contributed by atoms with van der Waals surface area (Å²) in [5.41, 5.74) is 0.907. The van der Waals surface area contributed by atoms with Gasteiger partial charge in [0.05, 0.1) is 5.25 Å². The molecule has 3 rings (SSSR count). The number of rotatable bonds is 8. The van der Waals surface area contributed by atoms with E-state index in [0.29, 0.717) is 22.7 Å². The van der Waals surface area contributed by atoms with E-state index < -0.39 is 0 Å². The minimum absolute atomic E-state index is 0.155. The first kappa shape index (κ1) is 19.2. The lowest BCUT2D eigenvalue weighted by Gasteiger charge is -2.11. The minimum atomic E-state index is -0.378. The fourth-order valence-electron chi connectivity index (χ4n) is 2.25. The van der Waals surface area contributed by atoms with Crippen molar-refractivity contribution in [2.75, 3.05) is 5.32 Å². The standard InChI is InChI=1S/C17H19N7OS2/c1-4-10-24-14(12-6-8-18-9-7-12)21-23-17(24)26-11(3)15(25)19-16-22-20-13(5-2)27-16/h4,6-9,11H,1,5,10H2,2-3H3,(H,19,22,25)/t11-/m0/s1. The molecule has 3 aromatic rings. The van der Waals surface area contributed by atoms with E-state index in [1.54, 1.807) is 18.5 Å². The summed E-state index contributed by atoms with van der Waals surface area (Å²) in [6.45, 7) is 8.16. The van der Waals surface area contributed by atoms with Crippen LogP contribution >= 0.6 is 23.1 Å². The van der Waals surface area contributed by atoms with Crippen LogP contribution in [0.5, 0.6) is 0 Å². The summed E-state index contributed by atoms with van der Waals surface area (Å²) in [5, 5.41) is 21.0. The number of amides is 1. The molecule has 27 heavy (non-hydrogen) atoms. The normalized spacial score (nSPS) is 11.9. The predicted octanol–water partition coefficient (Wildman–Crippen LogP) is 3.06. The lowest BCUT2D eigenvalue weighted by Crippen LogP contribution is -2.22. The second-order valence-corrected chi connectivity index (χ2v) is 7.92. The van der Waals surface area contributed by atoms with Crippen LogP contribution in [0.4, 0.5) is 5.13 Å². The highest BCUT2D eigenvalue weighted by Crippen LogP contribution is 2.27. The van der Waals surface area contributed by atoms with Gasteiger partial charge in [-0.2, -0.15) is 0 Å². The SMILES string of the molecule is C=CCn1c(S[C@@H](C)C(=O)Nc2nnc(CC)s2)nnc1-c1ccncc1. The molecule has 0 saturated carbocycles.